The fourth-order valence-electron chi connectivity index (χ4n) is 1.50. The van der Waals surface area contributed by atoms with Crippen molar-refractivity contribution in [2.75, 3.05) is 13.2 Å². The molecule has 0 rings (SSSR count). The summed E-state index contributed by atoms with van der Waals surface area (Å²) in [5, 5.41) is 63.1. The monoisotopic (exact) mass is 398 g/mol. The minimum absolute atomic E-state index is 0. The smallest absolute Gasteiger partial charge is 0.336 e. The maximum Gasteiger partial charge on any atom is 0.336 e. The highest BCUT2D eigenvalue weighted by atomic mass is 24.3. The number of aliphatic hydroxyl groups is 5. The number of esters is 1. The average molecular weight is 399 g/mol. The van der Waals surface area contributed by atoms with E-state index in [0.717, 1.165) is 0 Å². The first-order valence-electron chi connectivity index (χ1n) is 6.45. The summed E-state index contributed by atoms with van der Waals surface area (Å²) in [6.45, 7) is -2.09. The van der Waals surface area contributed by atoms with Gasteiger partial charge in [0, 0.05) is 0 Å². The topological polar surface area (TPSA) is 251 Å². The van der Waals surface area contributed by atoms with Crippen molar-refractivity contribution in [2.24, 2.45) is 0 Å². The maximum absolute atomic E-state index is 11.4. The molecule has 0 spiro atoms. The van der Waals surface area contributed by atoms with Gasteiger partial charge in [-0.1, -0.05) is 0 Å². The summed E-state index contributed by atoms with van der Waals surface area (Å²) in [6.07, 6.45) is -8.65. The van der Waals surface area contributed by atoms with Crippen molar-refractivity contribution in [3.63, 3.8) is 0 Å². The third-order valence-electron chi connectivity index (χ3n) is 2.89. The first-order chi connectivity index (χ1) is 10.9. The van der Waals surface area contributed by atoms with Gasteiger partial charge in [-0.2, -0.15) is 0 Å². The Hall–Kier alpha value is -1.39. The molecule has 150 valence electrons. The van der Waals surface area contributed by atoms with E-state index in [9.17, 15) is 34.5 Å². The van der Waals surface area contributed by atoms with Gasteiger partial charge < -0.3 is 46.0 Å². The molecule has 0 aromatic heterocycles. The second kappa shape index (κ2) is 12.9. The molecule has 0 saturated carbocycles. The molecule has 0 aromatic rings. The fourth-order valence-corrected chi connectivity index (χ4v) is 1.50. The number of ether oxygens (including phenoxy) is 1. The number of carboxylic acids is 2. The molecule has 0 aromatic carbocycles. The van der Waals surface area contributed by atoms with Crippen molar-refractivity contribution in [1.29, 1.82) is 0 Å². The van der Waals surface area contributed by atoms with Crippen LogP contribution in [0.2, 0.25) is 0 Å². The molecule has 0 amide bonds. The molecule has 1 unspecified atom stereocenters. The number of carboxylic acid groups (broad SMARTS) is 2. The van der Waals surface area contributed by atoms with Crippen LogP contribution in [-0.2, 0) is 23.9 Å². The van der Waals surface area contributed by atoms with Gasteiger partial charge in [-0.05, 0) is 0 Å². The van der Waals surface area contributed by atoms with Gasteiger partial charge in [0.1, 0.15) is 18.3 Å². The molecule has 0 aliphatic heterocycles. The minimum atomic E-state index is -2.95. The van der Waals surface area contributed by atoms with E-state index in [-0.39, 0.29) is 28.5 Å². The van der Waals surface area contributed by atoms with E-state index in [1.165, 1.54) is 0 Å². The van der Waals surface area contributed by atoms with Gasteiger partial charge in [0.2, 0.25) is 5.78 Å². The summed E-state index contributed by atoms with van der Waals surface area (Å²) in [5.74, 6) is -6.41. The lowest BCUT2D eigenvalue weighted by Gasteiger charge is -2.21. The fraction of sp³-hybridized carbons (Fsp3) is 0.667. The SMILES string of the molecule is O.O=C(O)CC(O)(CC(=O)OCC(=O)[C@H](O)[C@@H](O)[C@H](O)CO)C(=O)O.[MgH2]. The number of rotatable bonds is 11. The number of aliphatic carboxylic acids is 2. The molecule has 0 saturated heterocycles. The summed E-state index contributed by atoms with van der Waals surface area (Å²) in [6, 6.07) is 0. The molecule has 0 aliphatic rings. The number of aliphatic hydroxyl groups excluding tert-OH is 4. The van der Waals surface area contributed by atoms with Gasteiger partial charge in [-0.25, -0.2) is 4.79 Å². The van der Waals surface area contributed by atoms with Crippen molar-refractivity contribution in [3.8, 4) is 0 Å². The highest BCUT2D eigenvalue weighted by Gasteiger charge is 2.41. The van der Waals surface area contributed by atoms with Crippen LogP contribution in [0.1, 0.15) is 12.8 Å². The van der Waals surface area contributed by atoms with E-state index < -0.39 is 73.7 Å². The Morgan fingerprint density at radius 1 is 1.00 bits per heavy atom. The van der Waals surface area contributed by atoms with Crippen LogP contribution < -0.4 is 0 Å². The van der Waals surface area contributed by atoms with E-state index in [2.05, 4.69) is 4.74 Å². The lowest BCUT2D eigenvalue weighted by atomic mass is 9.96. The Labute approximate surface area is 162 Å². The molecule has 0 fully saturated rings. The second-order valence-electron chi connectivity index (χ2n) is 4.90. The lowest BCUT2D eigenvalue weighted by molar-refractivity contribution is -0.173. The zero-order valence-electron chi connectivity index (χ0n) is 12.7. The Bertz CT molecular complexity index is 496. The third kappa shape index (κ3) is 9.34. The largest absolute Gasteiger partial charge is 0.481 e. The van der Waals surface area contributed by atoms with E-state index in [1.54, 1.807) is 0 Å². The summed E-state index contributed by atoms with van der Waals surface area (Å²) in [5.41, 5.74) is -2.95. The second-order valence-corrected chi connectivity index (χ2v) is 4.90. The number of hydrogen-bond donors (Lipinski definition) is 7. The van der Waals surface area contributed by atoms with Crippen molar-refractivity contribution in [1.82, 2.24) is 0 Å². The lowest BCUT2D eigenvalue weighted by Crippen LogP contribution is -2.46. The molecule has 0 radical (unpaired) electrons. The molecule has 26 heavy (non-hydrogen) atoms. The number of Topliss-reactive ketones (excluding diaryl/α,β-unsaturated/α-hetero) is 1. The van der Waals surface area contributed by atoms with Gasteiger partial charge >= 0.3 is 41.0 Å². The van der Waals surface area contributed by atoms with E-state index >= 15 is 0 Å². The zero-order valence-corrected chi connectivity index (χ0v) is 12.7. The van der Waals surface area contributed by atoms with Gasteiger partial charge in [0.25, 0.3) is 0 Å². The normalized spacial score (nSPS) is 15.9. The average Bonchev–Trinajstić information content (AvgIpc) is 2.49. The molecule has 0 bridgehead atoms. The van der Waals surface area contributed by atoms with Crippen molar-refractivity contribution in [3.05, 3.63) is 0 Å². The standard InChI is InChI=1S/C12H18O12.Mg.H2O.2H/c13-3-5(14)9(19)10(20)6(15)4-24-8(18)2-12(23,11(21)22)1-7(16)17;;;;/h5,9-10,13-14,19-20,23H,1-4H2,(H,16,17)(H,21,22);;1H2;;/t5-,9+,10+,12?;;;;/m1..../s1. The molecule has 0 heterocycles. The quantitative estimate of drug-likeness (QED) is 0.127. The summed E-state index contributed by atoms with van der Waals surface area (Å²) in [7, 11) is 0. The maximum atomic E-state index is 11.4. The Balaban J connectivity index is -0.00000264. The molecule has 0 aliphatic carbocycles. The van der Waals surface area contributed by atoms with Gasteiger partial charge in [-0.15, -0.1) is 0 Å². The third-order valence-corrected chi connectivity index (χ3v) is 2.89. The van der Waals surface area contributed by atoms with E-state index in [4.69, 9.17) is 20.4 Å². The highest BCUT2D eigenvalue weighted by Crippen LogP contribution is 2.17. The van der Waals surface area contributed by atoms with Crippen LogP contribution in [0, 0.1) is 0 Å². The molecule has 4 atom stereocenters. The number of carbonyl (C=O) groups is 4. The van der Waals surface area contributed by atoms with Gasteiger partial charge in [-0.3, -0.25) is 14.4 Å². The van der Waals surface area contributed by atoms with Gasteiger partial charge in [0.05, 0.1) is 19.4 Å². The molecule has 13 nitrogen and oxygen atoms in total. The van der Waals surface area contributed by atoms with Crippen LogP contribution in [0.5, 0.6) is 0 Å². The van der Waals surface area contributed by atoms with E-state index in [1.807, 2.05) is 0 Å². The highest BCUT2D eigenvalue weighted by molar-refractivity contribution is 5.90. The van der Waals surface area contributed by atoms with Crippen LogP contribution in [0.3, 0.4) is 0 Å². The molecular formula is C12H22MgO13. The zero-order chi connectivity index (χ0) is 19.1. The van der Waals surface area contributed by atoms with Crippen LogP contribution in [0.4, 0.5) is 0 Å². The van der Waals surface area contributed by atoms with Crippen molar-refractivity contribution < 1.29 is 65.1 Å². The first kappa shape index (κ1) is 29.4. The van der Waals surface area contributed by atoms with Crippen LogP contribution in [0.25, 0.3) is 0 Å². The first-order valence-corrected chi connectivity index (χ1v) is 6.45. The summed E-state index contributed by atoms with van der Waals surface area (Å²) < 4.78 is 4.30. The number of hydrogen-bond acceptors (Lipinski definition) is 10. The predicted octanol–water partition coefficient (Wildman–Crippen LogP) is -5.89. The molecular weight excluding hydrogens is 376 g/mol. The Morgan fingerprint density at radius 3 is 1.88 bits per heavy atom. The summed E-state index contributed by atoms with van der Waals surface area (Å²) in [4.78, 5) is 44.2. The Kier molecular flexibility index (Phi) is 14.5. The van der Waals surface area contributed by atoms with Crippen molar-refractivity contribution >= 4 is 46.7 Å². The van der Waals surface area contributed by atoms with Crippen LogP contribution >= 0.6 is 0 Å². The predicted molar refractivity (Wildman–Crippen MR) is 82.7 cm³/mol. The van der Waals surface area contributed by atoms with Crippen molar-refractivity contribution in [2.45, 2.75) is 36.8 Å². The van der Waals surface area contributed by atoms with Gasteiger partial charge in [0.15, 0.2) is 12.2 Å². The Morgan fingerprint density at radius 2 is 1.50 bits per heavy atom. The minimum Gasteiger partial charge on any atom is -0.481 e. The van der Waals surface area contributed by atoms with Crippen LogP contribution in [-0.4, -0.2) is 125 Å². The molecule has 9 N–H and O–H groups in total. The molecule has 14 heteroatoms. The number of ketones is 1. The van der Waals surface area contributed by atoms with E-state index in [0.29, 0.717) is 0 Å². The van der Waals surface area contributed by atoms with Crippen LogP contribution in [0.15, 0.2) is 0 Å². The number of carbonyl (C=O) groups excluding carboxylic acids is 2. The summed E-state index contributed by atoms with van der Waals surface area (Å²) >= 11 is 0.